The molecular formula is C22H36O5Si. The molecule has 0 bridgehead atoms. The molecule has 1 aromatic rings. The van der Waals surface area contributed by atoms with E-state index in [9.17, 15) is 5.11 Å². The number of rotatable bonds is 7. The van der Waals surface area contributed by atoms with E-state index in [0.29, 0.717) is 0 Å². The summed E-state index contributed by atoms with van der Waals surface area (Å²) >= 11 is 0. The quantitative estimate of drug-likeness (QED) is 0.529. The summed E-state index contributed by atoms with van der Waals surface area (Å²) in [4.78, 5) is 0. The molecule has 3 atom stereocenters. The standard InChI is InChI=1S/C22H36O5Si/c1-20(2,3)28(7,8)26-19(24-6)22(16-25-21(4,5)27-22)18(23)15-14-17-12-10-9-11-13-17/h9-15,18-19,23H,16H2,1-8H3/b15-14+/t18-,19?,22+/m0/s1. The summed E-state index contributed by atoms with van der Waals surface area (Å²) in [6.45, 7) is 14.6. The first-order valence-electron chi connectivity index (χ1n) is 9.79. The number of aliphatic hydroxyl groups excluding tert-OH is 1. The Morgan fingerprint density at radius 3 is 2.25 bits per heavy atom. The van der Waals surface area contributed by atoms with Gasteiger partial charge in [0.05, 0.1) is 6.61 Å². The maximum absolute atomic E-state index is 11.2. The van der Waals surface area contributed by atoms with Crippen LogP contribution < -0.4 is 0 Å². The highest BCUT2D eigenvalue weighted by Crippen LogP contribution is 2.43. The van der Waals surface area contributed by atoms with Crippen molar-refractivity contribution in [2.75, 3.05) is 13.7 Å². The molecule has 1 fully saturated rings. The van der Waals surface area contributed by atoms with Crippen molar-refractivity contribution in [3.05, 3.63) is 42.0 Å². The molecule has 1 N–H and O–H groups in total. The van der Waals surface area contributed by atoms with E-state index in [2.05, 4.69) is 33.9 Å². The summed E-state index contributed by atoms with van der Waals surface area (Å²) in [6.07, 6.45) is 1.87. The Hall–Kier alpha value is -1.02. The van der Waals surface area contributed by atoms with Crippen molar-refractivity contribution in [2.45, 2.75) is 76.5 Å². The van der Waals surface area contributed by atoms with Gasteiger partial charge in [0, 0.05) is 7.11 Å². The van der Waals surface area contributed by atoms with E-state index in [1.807, 2.05) is 50.3 Å². The zero-order chi connectivity index (χ0) is 21.2. The van der Waals surface area contributed by atoms with Crippen LogP contribution in [0.2, 0.25) is 18.1 Å². The average molecular weight is 409 g/mol. The topological polar surface area (TPSA) is 57.2 Å². The smallest absolute Gasteiger partial charge is 0.195 e. The van der Waals surface area contributed by atoms with Crippen LogP contribution in [0.1, 0.15) is 40.2 Å². The molecule has 158 valence electrons. The molecule has 0 saturated carbocycles. The van der Waals surface area contributed by atoms with Gasteiger partial charge in [0.2, 0.25) is 0 Å². The summed E-state index contributed by atoms with van der Waals surface area (Å²) in [6, 6.07) is 9.83. The Morgan fingerprint density at radius 2 is 1.79 bits per heavy atom. The first-order chi connectivity index (χ1) is 12.8. The van der Waals surface area contributed by atoms with Crippen molar-refractivity contribution >= 4 is 14.4 Å². The molecule has 1 aliphatic rings. The molecule has 1 saturated heterocycles. The van der Waals surface area contributed by atoms with Gasteiger partial charge in [-0.1, -0.05) is 63.3 Å². The van der Waals surface area contributed by atoms with E-state index in [4.69, 9.17) is 18.6 Å². The van der Waals surface area contributed by atoms with Crippen molar-refractivity contribution in [3.8, 4) is 0 Å². The molecular weight excluding hydrogens is 372 g/mol. The van der Waals surface area contributed by atoms with E-state index in [1.54, 1.807) is 13.2 Å². The van der Waals surface area contributed by atoms with Gasteiger partial charge < -0.3 is 23.7 Å². The molecule has 1 aliphatic heterocycles. The van der Waals surface area contributed by atoms with Gasteiger partial charge in [-0.3, -0.25) is 0 Å². The summed E-state index contributed by atoms with van der Waals surface area (Å²) < 4.78 is 24.4. The third-order valence-electron chi connectivity index (χ3n) is 5.67. The predicted molar refractivity (Wildman–Crippen MR) is 114 cm³/mol. The van der Waals surface area contributed by atoms with Gasteiger partial charge in [-0.2, -0.15) is 0 Å². The van der Waals surface area contributed by atoms with Crippen LogP contribution >= 0.6 is 0 Å². The van der Waals surface area contributed by atoms with E-state index in [0.717, 1.165) is 5.56 Å². The number of hydrogen-bond donors (Lipinski definition) is 1. The maximum Gasteiger partial charge on any atom is 0.195 e. The minimum absolute atomic E-state index is 0.00915. The van der Waals surface area contributed by atoms with Crippen LogP contribution in [0.5, 0.6) is 0 Å². The van der Waals surface area contributed by atoms with Crippen LogP contribution in [0.3, 0.4) is 0 Å². The van der Waals surface area contributed by atoms with Gasteiger partial charge in [0.15, 0.2) is 26.0 Å². The first kappa shape index (κ1) is 23.3. The molecule has 0 radical (unpaired) electrons. The minimum atomic E-state index is -2.18. The summed E-state index contributed by atoms with van der Waals surface area (Å²) in [5, 5.41) is 11.1. The second-order valence-electron chi connectivity index (χ2n) is 9.41. The lowest BCUT2D eigenvalue weighted by Crippen LogP contribution is -2.60. The molecule has 0 spiro atoms. The van der Waals surface area contributed by atoms with Gasteiger partial charge in [-0.05, 0) is 37.5 Å². The Kier molecular flexibility index (Phi) is 6.96. The zero-order valence-electron chi connectivity index (χ0n) is 18.5. The lowest BCUT2D eigenvalue weighted by atomic mass is 9.95. The van der Waals surface area contributed by atoms with Gasteiger partial charge in [0.1, 0.15) is 6.10 Å². The van der Waals surface area contributed by atoms with Crippen LogP contribution in [0, 0.1) is 0 Å². The van der Waals surface area contributed by atoms with Crippen molar-refractivity contribution in [2.24, 2.45) is 0 Å². The molecule has 2 rings (SSSR count). The Labute approximate surface area is 170 Å². The molecule has 5 nitrogen and oxygen atoms in total. The lowest BCUT2D eigenvalue weighted by Gasteiger charge is -2.45. The molecule has 0 aromatic heterocycles. The van der Waals surface area contributed by atoms with Crippen LogP contribution in [0.15, 0.2) is 36.4 Å². The fourth-order valence-corrected chi connectivity index (χ4v) is 4.11. The predicted octanol–water partition coefficient (Wildman–Crippen LogP) is 4.58. The van der Waals surface area contributed by atoms with Crippen LogP contribution in [0.25, 0.3) is 6.08 Å². The number of ether oxygens (including phenoxy) is 3. The summed E-state index contributed by atoms with van der Waals surface area (Å²) in [5.74, 6) is -0.838. The minimum Gasteiger partial charge on any atom is -0.390 e. The third kappa shape index (κ3) is 5.12. The molecule has 1 unspecified atom stereocenters. The Bertz CT molecular complexity index is 665. The van der Waals surface area contributed by atoms with Crippen LogP contribution in [-0.4, -0.2) is 50.9 Å². The van der Waals surface area contributed by atoms with E-state index in [1.165, 1.54) is 0 Å². The zero-order valence-corrected chi connectivity index (χ0v) is 19.5. The van der Waals surface area contributed by atoms with Crippen molar-refractivity contribution < 1.29 is 23.7 Å². The second-order valence-corrected chi connectivity index (χ2v) is 14.2. The van der Waals surface area contributed by atoms with Crippen LogP contribution in [-0.2, 0) is 18.6 Å². The summed E-state index contributed by atoms with van der Waals surface area (Å²) in [7, 11) is -0.593. The van der Waals surface area contributed by atoms with E-state index >= 15 is 0 Å². The molecule has 0 aliphatic carbocycles. The fourth-order valence-electron chi connectivity index (χ4n) is 2.93. The molecule has 6 heteroatoms. The van der Waals surface area contributed by atoms with Gasteiger partial charge >= 0.3 is 0 Å². The molecule has 28 heavy (non-hydrogen) atoms. The monoisotopic (exact) mass is 408 g/mol. The molecule has 0 amide bonds. The van der Waals surface area contributed by atoms with Crippen molar-refractivity contribution in [3.63, 3.8) is 0 Å². The third-order valence-corrected chi connectivity index (χ3v) is 10.1. The SMILES string of the molecule is COC(O[Si](C)(C)C(C)(C)C)[C@]1([C@@H](O)/C=C/c2ccccc2)COC(C)(C)O1. The average Bonchev–Trinajstić information content (AvgIpc) is 2.94. The van der Waals surface area contributed by atoms with Gasteiger partial charge in [0.25, 0.3) is 0 Å². The molecule has 1 heterocycles. The highest BCUT2D eigenvalue weighted by Gasteiger charge is 2.57. The first-order valence-corrected chi connectivity index (χ1v) is 12.7. The molecule has 1 aromatic carbocycles. The largest absolute Gasteiger partial charge is 0.390 e. The van der Waals surface area contributed by atoms with Gasteiger partial charge in [-0.15, -0.1) is 0 Å². The Balaban J connectivity index is 2.35. The number of methoxy groups -OCH3 is 1. The van der Waals surface area contributed by atoms with Crippen LogP contribution in [0.4, 0.5) is 0 Å². The number of hydrogen-bond acceptors (Lipinski definition) is 5. The summed E-state index contributed by atoms with van der Waals surface area (Å²) in [5.41, 5.74) is -0.159. The van der Waals surface area contributed by atoms with E-state index < -0.39 is 32.1 Å². The Morgan fingerprint density at radius 1 is 1.18 bits per heavy atom. The fraction of sp³-hybridized carbons (Fsp3) is 0.636. The highest BCUT2D eigenvalue weighted by molar-refractivity contribution is 6.74. The lowest BCUT2D eigenvalue weighted by molar-refractivity contribution is -0.253. The van der Waals surface area contributed by atoms with E-state index in [-0.39, 0.29) is 11.6 Å². The van der Waals surface area contributed by atoms with Gasteiger partial charge in [-0.25, -0.2) is 0 Å². The highest BCUT2D eigenvalue weighted by atomic mass is 28.4. The maximum atomic E-state index is 11.2. The number of aliphatic hydroxyl groups is 1. The normalized spacial score (nSPS) is 25.2. The van der Waals surface area contributed by atoms with Crippen molar-refractivity contribution in [1.29, 1.82) is 0 Å². The number of benzene rings is 1. The van der Waals surface area contributed by atoms with Crippen molar-refractivity contribution in [1.82, 2.24) is 0 Å². The second kappa shape index (κ2) is 8.38.